The van der Waals surface area contributed by atoms with E-state index in [0.717, 1.165) is 5.56 Å². The minimum Gasteiger partial charge on any atom is -0.268 e. The maximum atomic E-state index is 11.8. The largest absolute Gasteiger partial charge is 0.269 e. The van der Waals surface area contributed by atoms with Crippen molar-refractivity contribution in [3.63, 3.8) is 0 Å². The summed E-state index contributed by atoms with van der Waals surface area (Å²) in [6, 6.07) is 14.3. The summed E-state index contributed by atoms with van der Waals surface area (Å²) in [5.41, 5.74) is 7.25. The van der Waals surface area contributed by atoms with Gasteiger partial charge in [-0.05, 0) is 47.4 Å². The molecule has 0 aliphatic heterocycles. The van der Waals surface area contributed by atoms with Crippen LogP contribution in [0.4, 0.5) is 0 Å². The second kappa shape index (κ2) is 8.31. The molecular formula is C19H19ClN2O2. The molecule has 0 spiro atoms. The number of carbonyl (C=O) groups excluding carboxylic acids is 2. The molecule has 5 heteroatoms. The van der Waals surface area contributed by atoms with Crippen molar-refractivity contribution in [2.24, 2.45) is 0 Å². The second-order valence-electron chi connectivity index (χ2n) is 5.60. The fraction of sp³-hybridized carbons (Fsp3) is 0.158. The number of rotatable bonds is 4. The van der Waals surface area contributed by atoms with Crippen molar-refractivity contribution in [1.29, 1.82) is 0 Å². The molecule has 2 aromatic rings. The highest BCUT2D eigenvalue weighted by Gasteiger charge is 2.05. The van der Waals surface area contributed by atoms with Crippen LogP contribution < -0.4 is 10.9 Å². The fourth-order valence-corrected chi connectivity index (χ4v) is 2.12. The predicted octanol–water partition coefficient (Wildman–Crippen LogP) is 3.94. The third-order valence-electron chi connectivity index (χ3n) is 3.44. The number of amides is 2. The summed E-state index contributed by atoms with van der Waals surface area (Å²) in [7, 11) is 0. The van der Waals surface area contributed by atoms with E-state index in [1.165, 1.54) is 11.6 Å². The first-order chi connectivity index (χ1) is 11.5. The number of hydrogen-bond acceptors (Lipinski definition) is 2. The van der Waals surface area contributed by atoms with Gasteiger partial charge in [0.25, 0.3) is 11.8 Å². The Hall–Kier alpha value is -2.59. The summed E-state index contributed by atoms with van der Waals surface area (Å²) in [6.07, 6.45) is 3.06. The van der Waals surface area contributed by atoms with Crippen LogP contribution in [0.2, 0.25) is 5.02 Å². The first kappa shape index (κ1) is 17.8. The Bertz CT molecular complexity index is 735. The van der Waals surface area contributed by atoms with Gasteiger partial charge >= 0.3 is 0 Å². The molecular weight excluding hydrogens is 324 g/mol. The molecule has 2 rings (SSSR count). The molecule has 0 atom stereocenters. The third kappa shape index (κ3) is 5.25. The van der Waals surface area contributed by atoms with Crippen molar-refractivity contribution in [2.75, 3.05) is 0 Å². The summed E-state index contributed by atoms with van der Waals surface area (Å²) >= 11 is 5.76. The van der Waals surface area contributed by atoms with Crippen LogP contribution >= 0.6 is 11.6 Å². The van der Waals surface area contributed by atoms with Gasteiger partial charge in [-0.25, -0.2) is 0 Å². The second-order valence-corrected chi connectivity index (χ2v) is 6.04. The summed E-state index contributed by atoms with van der Waals surface area (Å²) in [6.45, 7) is 4.25. The summed E-state index contributed by atoms with van der Waals surface area (Å²) in [5, 5.41) is 0.544. The normalized spacial score (nSPS) is 10.8. The lowest BCUT2D eigenvalue weighted by atomic mass is 10.0. The van der Waals surface area contributed by atoms with E-state index in [-0.39, 0.29) is 0 Å². The van der Waals surface area contributed by atoms with Gasteiger partial charge in [0, 0.05) is 16.7 Å². The van der Waals surface area contributed by atoms with E-state index in [1.54, 1.807) is 30.3 Å². The van der Waals surface area contributed by atoms with E-state index in [2.05, 4.69) is 24.7 Å². The van der Waals surface area contributed by atoms with Gasteiger partial charge in [0.1, 0.15) is 0 Å². The molecule has 24 heavy (non-hydrogen) atoms. The van der Waals surface area contributed by atoms with Crippen molar-refractivity contribution < 1.29 is 9.59 Å². The first-order valence-electron chi connectivity index (χ1n) is 7.59. The van der Waals surface area contributed by atoms with Gasteiger partial charge in [0.15, 0.2) is 0 Å². The molecule has 4 nitrogen and oxygen atoms in total. The molecule has 0 bridgehead atoms. The monoisotopic (exact) mass is 342 g/mol. The standard InChI is InChI=1S/C19H19ClN2O2/c1-13(2)15-6-3-14(4-7-15)5-12-18(23)21-22-19(24)16-8-10-17(20)11-9-16/h3-13H,1-2H3,(H,21,23)(H,22,24)/b12-5+. The molecule has 0 aromatic heterocycles. The van der Waals surface area contributed by atoms with Crippen molar-refractivity contribution >= 4 is 29.5 Å². The predicted molar refractivity (Wildman–Crippen MR) is 96.6 cm³/mol. The minimum absolute atomic E-state index is 0.408. The topological polar surface area (TPSA) is 58.2 Å². The van der Waals surface area contributed by atoms with E-state index < -0.39 is 11.8 Å². The quantitative estimate of drug-likeness (QED) is 0.653. The van der Waals surface area contributed by atoms with Crippen molar-refractivity contribution in [3.8, 4) is 0 Å². The van der Waals surface area contributed by atoms with Crippen LogP contribution in [0.15, 0.2) is 54.6 Å². The van der Waals surface area contributed by atoms with E-state index in [0.29, 0.717) is 16.5 Å². The molecule has 0 aliphatic carbocycles. The molecule has 0 saturated carbocycles. The lowest BCUT2D eigenvalue weighted by Gasteiger charge is -2.06. The summed E-state index contributed by atoms with van der Waals surface area (Å²) < 4.78 is 0. The van der Waals surface area contributed by atoms with Crippen LogP contribution in [0.25, 0.3) is 6.08 Å². The van der Waals surface area contributed by atoms with E-state index in [4.69, 9.17) is 11.6 Å². The molecule has 0 fully saturated rings. The smallest absolute Gasteiger partial charge is 0.268 e. The molecule has 2 amide bonds. The van der Waals surface area contributed by atoms with Gasteiger partial charge < -0.3 is 0 Å². The fourth-order valence-electron chi connectivity index (χ4n) is 2.00. The zero-order valence-corrected chi connectivity index (χ0v) is 14.3. The zero-order valence-electron chi connectivity index (χ0n) is 13.5. The molecule has 124 valence electrons. The van der Waals surface area contributed by atoms with Crippen LogP contribution in [0.3, 0.4) is 0 Å². The Morgan fingerprint density at radius 1 is 0.958 bits per heavy atom. The minimum atomic E-state index is -0.412. The maximum Gasteiger partial charge on any atom is 0.269 e. The van der Waals surface area contributed by atoms with Gasteiger partial charge in [-0.2, -0.15) is 0 Å². The highest BCUT2D eigenvalue weighted by Crippen LogP contribution is 2.15. The number of hydrazine groups is 1. The molecule has 0 saturated heterocycles. The summed E-state index contributed by atoms with van der Waals surface area (Å²) in [4.78, 5) is 23.6. The number of carbonyl (C=O) groups is 2. The lowest BCUT2D eigenvalue weighted by molar-refractivity contribution is -0.117. The SMILES string of the molecule is CC(C)c1ccc(/C=C/C(=O)NNC(=O)c2ccc(Cl)cc2)cc1. The highest BCUT2D eigenvalue weighted by molar-refractivity contribution is 6.30. The molecule has 0 heterocycles. The van der Waals surface area contributed by atoms with Gasteiger partial charge in [-0.1, -0.05) is 49.7 Å². The average molecular weight is 343 g/mol. The van der Waals surface area contributed by atoms with Crippen molar-refractivity contribution in [2.45, 2.75) is 19.8 Å². The molecule has 0 unspecified atom stereocenters. The van der Waals surface area contributed by atoms with E-state index in [9.17, 15) is 9.59 Å². The third-order valence-corrected chi connectivity index (χ3v) is 3.69. The van der Waals surface area contributed by atoms with E-state index >= 15 is 0 Å². The average Bonchev–Trinajstić information content (AvgIpc) is 2.58. The number of nitrogens with one attached hydrogen (secondary N) is 2. The van der Waals surface area contributed by atoms with Crippen molar-refractivity contribution in [1.82, 2.24) is 10.9 Å². The highest BCUT2D eigenvalue weighted by atomic mass is 35.5. The van der Waals surface area contributed by atoms with Gasteiger partial charge in [0.05, 0.1) is 0 Å². The number of hydrogen-bond donors (Lipinski definition) is 2. The molecule has 2 N–H and O–H groups in total. The van der Waals surface area contributed by atoms with Crippen LogP contribution in [-0.2, 0) is 4.79 Å². The molecule has 2 aromatic carbocycles. The van der Waals surface area contributed by atoms with Crippen LogP contribution in [-0.4, -0.2) is 11.8 Å². The Kier molecular flexibility index (Phi) is 6.15. The van der Waals surface area contributed by atoms with Gasteiger partial charge in [0.2, 0.25) is 0 Å². The summed E-state index contributed by atoms with van der Waals surface area (Å²) in [5.74, 6) is -0.352. The first-order valence-corrected chi connectivity index (χ1v) is 7.97. The Balaban J connectivity index is 1.86. The van der Waals surface area contributed by atoms with Gasteiger partial charge in [-0.3, -0.25) is 20.4 Å². The zero-order chi connectivity index (χ0) is 17.5. The number of halogens is 1. The Labute approximate surface area is 146 Å². The van der Waals surface area contributed by atoms with E-state index in [1.807, 2.05) is 24.3 Å². The van der Waals surface area contributed by atoms with Crippen molar-refractivity contribution in [3.05, 3.63) is 76.3 Å². The maximum absolute atomic E-state index is 11.8. The van der Waals surface area contributed by atoms with Crippen LogP contribution in [0, 0.1) is 0 Å². The Morgan fingerprint density at radius 2 is 1.58 bits per heavy atom. The Morgan fingerprint density at radius 3 is 2.17 bits per heavy atom. The molecule has 0 aliphatic rings. The van der Waals surface area contributed by atoms with Crippen LogP contribution in [0.1, 0.15) is 41.3 Å². The molecule has 0 radical (unpaired) electrons. The lowest BCUT2D eigenvalue weighted by Crippen LogP contribution is -2.40. The van der Waals surface area contributed by atoms with Gasteiger partial charge in [-0.15, -0.1) is 0 Å². The van der Waals surface area contributed by atoms with Crippen LogP contribution in [0.5, 0.6) is 0 Å². The number of benzene rings is 2.